The Morgan fingerprint density at radius 3 is 2.64 bits per heavy atom. The molecule has 2 aliphatic rings. The predicted octanol–water partition coefficient (Wildman–Crippen LogP) is 2.42. The predicted molar refractivity (Wildman–Crippen MR) is 165 cm³/mol. The smallest absolute Gasteiger partial charge is 0.355 e. The first-order valence-electron chi connectivity index (χ1n) is 13.6. The van der Waals surface area contributed by atoms with Crippen molar-refractivity contribution in [1.82, 2.24) is 15.2 Å². The first-order valence-corrected chi connectivity index (χ1v) is 15.5. The van der Waals surface area contributed by atoms with Crippen LogP contribution in [0.15, 0.2) is 88.8 Å². The average molecular weight is 636 g/mol. The van der Waals surface area contributed by atoms with Crippen LogP contribution >= 0.6 is 23.1 Å². The molecular weight excluding hydrogens is 605 g/mol. The average Bonchev–Trinajstić information content (AvgIpc) is 3.49. The Labute approximate surface area is 262 Å². The normalized spacial score (nSPS) is 18.1. The van der Waals surface area contributed by atoms with E-state index in [1.165, 1.54) is 23.8 Å². The number of hydrogen-bond acceptors (Lipinski definition) is 11. The molecule has 2 aliphatic heterocycles. The van der Waals surface area contributed by atoms with Gasteiger partial charge < -0.3 is 25.4 Å². The molecule has 1 saturated heterocycles. The summed E-state index contributed by atoms with van der Waals surface area (Å²) >= 11 is 2.61. The summed E-state index contributed by atoms with van der Waals surface area (Å²) < 4.78 is 12.9. The van der Waals surface area contributed by atoms with Crippen LogP contribution in [0.3, 0.4) is 0 Å². The van der Waals surface area contributed by atoms with E-state index in [1.807, 2.05) is 47.3 Å². The van der Waals surface area contributed by atoms with Crippen LogP contribution in [-0.2, 0) is 37.1 Å². The maximum Gasteiger partial charge on any atom is 0.355 e. The third kappa shape index (κ3) is 6.92. The van der Waals surface area contributed by atoms with Crippen LogP contribution < -0.4 is 20.4 Å². The summed E-state index contributed by atoms with van der Waals surface area (Å²) in [7, 11) is 2.88. The zero-order valence-electron chi connectivity index (χ0n) is 24.0. The van der Waals surface area contributed by atoms with Gasteiger partial charge in [0.05, 0.1) is 7.11 Å². The molecule has 1 aromatic carbocycles. The summed E-state index contributed by atoms with van der Waals surface area (Å²) in [5.41, 5.74) is 7.58. The van der Waals surface area contributed by atoms with E-state index >= 15 is 0 Å². The Morgan fingerprint density at radius 2 is 1.95 bits per heavy atom. The number of β-lactam (4-membered cyclic amide) rings is 1. The molecule has 0 bridgehead atoms. The summed E-state index contributed by atoms with van der Waals surface area (Å²) in [6, 6.07) is 12.1. The lowest BCUT2D eigenvalue weighted by molar-refractivity contribution is -0.687. The summed E-state index contributed by atoms with van der Waals surface area (Å²) in [6.45, 7) is 0.682. The molecule has 12 nitrogen and oxygen atoms in total. The van der Waals surface area contributed by atoms with Gasteiger partial charge in [-0.1, -0.05) is 29.4 Å². The van der Waals surface area contributed by atoms with Crippen LogP contribution in [0.25, 0.3) is 0 Å². The largest absolute Gasteiger partial charge is 0.497 e. The zero-order valence-corrected chi connectivity index (χ0v) is 25.7. The van der Waals surface area contributed by atoms with Gasteiger partial charge >= 0.3 is 5.97 Å². The van der Waals surface area contributed by atoms with Gasteiger partial charge in [-0.15, -0.1) is 23.1 Å². The van der Waals surface area contributed by atoms with E-state index in [4.69, 9.17) is 20.0 Å². The number of oxime groups is 1. The lowest BCUT2D eigenvalue weighted by Crippen LogP contribution is -2.71. The van der Waals surface area contributed by atoms with E-state index < -0.39 is 29.2 Å². The number of allylic oxidation sites excluding steroid dienone is 2. The molecule has 2 atom stereocenters. The van der Waals surface area contributed by atoms with Gasteiger partial charge in [-0.05, 0) is 35.8 Å². The maximum absolute atomic E-state index is 13.5. The number of carbonyl (C=O) groups excluding carboxylic acids is 3. The number of nitrogen functional groups attached to an aromatic ring is 1. The van der Waals surface area contributed by atoms with Crippen molar-refractivity contribution in [3.63, 3.8) is 0 Å². The number of pyridine rings is 1. The Balaban J connectivity index is 1.33. The molecule has 0 unspecified atom stereocenters. The van der Waals surface area contributed by atoms with Gasteiger partial charge in [0.2, 0.25) is 0 Å². The summed E-state index contributed by atoms with van der Waals surface area (Å²) in [5.74, 6) is -0.519. The Kier molecular flexibility index (Phi) is 9.92. The fourth-order valence-electron chi connectivity index (χ4n) is 4.65. The number of hydrogen-bond donors (Lipinski definition) is 2. The van der Waals surface area contributed by atoms with Gasteiger partial charge in [-0.25, -0.2) is 14.3 Å². The second-order valence-electron chi connectivity index (χ2n) is 9.68. The second-order valence-corrected chi connectivity index (χ2v) is 11.7. The Bertz CT molecular complexity index is 1610. The van der Waals surface area contributed by atoms with Crippen molar-refractivity contribution in [2.24, 2.45) is 5.16 Å². The number of anilines is 1. The number of fused-ring (bicyclic) bond motifs is 1. The molecule has 0 aliphatic carbocycles. The van der Waals surface area contributed by atoms with E-state index in [9.17, 15) is 14.4 Å². The van der Waals surface area contributed by atoms with Gasteiger partial charge in [0.25, 0.3) is 11.8 Å². The second kappa shape index (κ2) is 14.2. The first-order chi connectivity index (χ1) is 21.4. The van der Waals surface area contributed by atoms with Crippen LogP contribution in [0, 0.1) is 0 Å². The topological polar surface area (TPSA) is 149 Å². The number of ether oxygens (including phenoxy) is 2. The monoisotopic (exact) mass is 635 g/mol. The van der Waals surface area contributed by atoms with E-state index in [2.05, 4.69) is 15.5 Å². The van der Waals surface area contributed by atoms with Crippen molar-refractivity contribution >= 4 is 51.7 Å². The molecule has 4 heterocycles. The molecule has 0 radical (unpaired) electrons. The number of benzene rings is 1. The van der Waals surface area contributed by atoms with E-state index in [0.29, 0.717) is 24.5 Å². The number of esters is 1. The molecule has 44 heavy (non-hydrogen) atoms. The maximum atomic E-state index is 13.5. The number of thiazole rings is 1. The number of nitrogens with two attached hydrogens (primary N) is 1. The number of rotatable bonds is 12. The lowest BCUT2D eigenvalue weighted by atomic mass is 10.0. The molecule has 0 saturated carbocycles. The molecule has 3 aromatic rings. The molecule has 1 fully saturated rings. The molecule has 14 heteroatoms. The fourth-order valence-corrected chi connectivity index (χ4v) is 6.56. The number of nitrogens with zero attached hydrogens (tertiary/aromatic N) is 4. The number of thioether (sulfide) groups is 1. The number of carbonyl (C=O) groups is 3. The van der Waals surface area contributed by atoms with Crippen molar-refractivity contribution in [3.8, 4) is 5.75 Å². The molecule has 2 aromatic heterocycles. The third-order valence-corrected chi connectivity index (χ3v) is 8.86. The van der Waals surface area contributed by atoms with Crippen LogP contribution in [0.2, 0.25) is 0 Å². The highest BCUT2D eigenvalue weighted by Gasteiger charge is 2.54. The molecule has 5 rings (SSSR count). The lowest BCUT2D eigenvalue weighted by Gasteiger charge is -2.49. The highest BCUT2D eigenvalue weighted by molar-refractivity contribution is 8.00. The van der Waals surface area contributed by atoms with Gasteiger partial charge in [0, 0.05) is 23.3 Å². The molecular formula is C30H31N6O6S2+. The van der Waals surface area contributed by atoms with E-state index in [0.717, 1.165) is 22.5 Å². The summed E-state index contributed by atoms with van der Waals surface area (Å²) in [6.07, 6.45) is 8.37. The zero-order chi connectivity index (χ0) is 31.1. The van der Waals surface area contributed by atoms with Crippen LogP contribution in [-0.4, -0.2) is 64.8 Å². The van der Waals surface area contributed by atoms with Crippen molar-refractivity contribution < 1.29 is 33.3 Å². The van der Waals surface area contributed by atoms with Crippen molar-refractivity contribution in [3.05, 3.63) is 94.9 Å². The molecule has 228 valence electrons. The molecule has 0 spiro atoms. The van der Waals surface area contributed by atoms with E-state index in [-0.39, 0.29) is 28.8 Å². The van der Waals surface area contributed by atoms with Crippen LogP contribution in [0.1, 0.15) is 17.7 Å². The highest BCUT2D eigenvalue weighted by Crippen LogP contribution is 2.41. The SMILES string of the molecule is CO/N=C(\C(=O)N[C@@H]1C(=O)N2C(C(=O)OCc3ccc(OC)cc3)=C(C/C=C/C[n+]3ccccc3)CS[C@H]12)c1csc(N)n1. The number of methoxy groups -OCH3 is 1. The number of amides is 2. The highest BCUT2D eigenvalue weighted by atomic mass is 32.2. The standard InChI is InChI=1S/C30H30N6O6S2/c1-40-21-11-9-19(10-12-21)16-42-29(39)25-20(8-4-7-15-35-13-5-3-6-14-35)17-43-28-24(27(38)36(25)28)33-26(37)23(34-41-2)22-18-44-30(31)32-22/h3-7,9-14,18,24,28H,8,15-17H2,1-2H3,(H2-,31,32,33,37)/p+1/b7-4+,34-23-/t24-,28-/m1/s1. The minimum atomic E-state index is -0.888. The number of nitrogens with one attached hydrogen (secondary N) is 1. The van der Waals surface area contributed by atoms with Crippen molar-refractivity contribution in [1.29, 1.82) is 0 Å². The van der Waals surface area contributed by atoms with E-state index in [1.54, 1.807) is 36.8 Å². The van der Waals surface area contributed by atoms with Gasteiger partial charge in [0.1, 0.15) is 42.3 Å². The first kappa shape index (κ1) is 30.8. The van der Waals surface area contributed by atoms with Crippen LogP contribution in [0.5, 0.6) is 5.75 Å². The fraction of sp³-hybridized carbons (Fsp3) is 0.267. The van der Waals surface area contributed by atoms with Crippen LogP contribution in [0.4, 0.5) is 5.13 Å². The van der Waals surface area contributed by atoms with Crippen molar-refractivity contribution in [2.75, 3.05) is 25.7 Å². The van der Waals surface area contributed by atoms with Gasteiger partial charge in [-0.2, -0.15) is 0 Å². The van der Waals surface area contributed by atoms with Crippen molar-refractivity contribution in [2.45, 2.75) is 31.0 Å². The minimum absolute atomic E-state index is 0.0215. The molecule has 2 amide bonds. The summed E-state index contributed by atoms with van der Waals surface area (Å²) in [4.78, 5) is 50.5. The minimum Gasteiger partial charge on any atom is -0.497 e. The Morgan fingerprint density at radius 1 is 1.18 bits per heavy atom. The summed E-state index contributed by atoms with van der Waals surface area (Å²) in [5, 5.41) is 7.85. The van der Waals surface area contributed by atoms with Gasteiger partial charge in [0.15, 0.2) is 29.8 Å². The number of aromatic nitrogens is 2. The van der Waals surface area contributed by atoms with Gasteiger partial charge in [-0.3, -0.25) is 14.5 Å². The quantitative estimate of drug-likeness (QED) is 0.0764. The molecule has 3 N–H and O–H groups in total. The third-order valence-electron chi connectivity index (χ3n) is 6.84. The Hall–Kier alpha value is -4.69.